The number of aromatic amines is 2. The molecule has 303 valence electrons. The van der Waals surface area contributed by atoms with Gasteiger partial charge < -0.3 is 29.1 Å². The predicted octanol–water partition coefficient (Wildman–Crippen LogP) is 7.57. The molecule has 2 saturated carbocycles. The first-order chi connectivity index (χ1) is 29.0. The number of fused-ring (bicyclic) bond motifs is 2. The topological polar surface area (TPSA) is 180 Å². The number of pyridine rings is 2. The van der Waals surface area contributed by atoms with Crippen LogP contribution >= 0.6 is 11.6 Å². The number of nitrogens with zero attached hydrogens (tertiary/aromatic N) is 6. The maximum atomic E-state index is 13.1. The predicted molar refractivity (Wildman–Crippen MR) is 224 cm³/mol. The second-order valence-corrected chi connectivity index (χ2v) is 14.9. The first kappa shape index (κ1) is 40.0. The lowest BCUT2D eigenvalue weighted by Gasteiger charge is -2.09. The number of halogens is 3. The van der Waals surface area contributed by atoms with Gasteiger partial charge in [0.25, 0.3) is 0 Å². The molecule has 0 unspecified atom stereocenters. The molecule has 60 heavy (non-hydrogen) atoms. The van der Waals surface area contributed by atoms with Gasteiger partial charge in [0, 0.05) is 35.2 Å². The van der Waals surface area contributed by atoms with Crippen molar-refractivity contribution in [3.8, 4) is 39.4 Å². The van der Waals surface area contributed by atoms with E-state index in [9.17, 15) is 18.4 Å². The summed E-state index contributed by atoms with van der Waals surface area (Å²) in [5.74, 6) is -0.389. The van der Waals surface area contributed by atoms with E-state index in [0.29, 0.717) is 54.4 Å². The Bertz CT molecular complexity index is 2800. The molecule has 18 heteroatoms. The number of hydrogen-bond acceptors (Lipinski definition) is 8. The summed E-state index contributed by atoms with van der Waals surface area (Å²) in [5.41, 5.74) is 9.90. The smallest absolute Gasteiger partial charge is 0.524 e. The Balaban J connectivity index is 0.000000142. The number of amides is 2. The van der Waals surface area contributed by atoms with E-state index in [4.69, 9.17) is 16.6 Å². The van der Waals surface area contributed by atoms with Crippen LogP contribution in [0.5, 0.6) is 5.88 Å². The van der Waals surface area contributed by atoms with Crippen molar-refractivity contribution in [1.82, 2.24) is 39.2 Å². The summed E-state index contributed by atoms with van der Waals surface area (Å²) < 4.78 is 34.2. The van der Waals surface area contributed by atoms with Crippen molar-refractivity contribution in [3.63, 3.8) is 0 Å². The van der Waals surface area contributed by atoms with E-state index in [1.165, 1.54) is 6.20 Å². The van der Waals surface area contributed by atoms with E-state index in [1.807, 2.05) is 76.6 Å². The molecule has 14 nitrogen and oxygen atoms in total. The molecule has 6 aromatic heterocycles. The third-order valence-corrected chi connectivity index (χ3v) is 10.3. The first-order valence-corrected chi connectivity index (χ1v) is 19.3. The minimum Gasteiger partial charge on any atom is -0.524 e. The summed E-state index contributed by atoms with van der Waals surface area (Å²) in [5, 5.41) is 27.1. The highest BCUT2D eigenvalue weighted by Crippen LogP contribution is 2.36. The molecule has 8 aromatic rings. The number of nitrogens with one attached hydrogen (secondary N) is 4. The molecule has 2 aliphatic carbocycles. The average molecular weight is 830 g/mol. The van der Waals surface area contributed by atoms with Crippen LogP contribution in [0.3, 0.4) is 0 Å². The Labute approximate surface area is 347 Å². The summed E-state index contributed by atoms with van der Waals surface area (Å²) in [6.45, 7) is 4.09. The minimum absolute atomic E-state index is 0.301. The van der Waals surface area contributed by atoms with Gasteiger partial charge in [-0.1, -0.05) is 29.8 Å². The molecule has 0 aliphatic heterocycles. The van der Waals surface area contributed by atoms with E-state index in [1.54, 1.807) is 24.7 Å². The number of benzene rings is 2. The number of anilines is 2. The molecule has 1 radical (unpaired) electrons. The maximum absolute atomic E-state index is 13.1. The fourth-order valence-corrected chi connectivity index (χ4v) is 6.69. The lowest BCUT2D eigenvalue weighted by molar-refractivity contribution is -0.118. The number of carbonyl (C=O) groups excluding carboxylic acids is 2. The molecule has 0 bridgehead atoms. The molecule has 5 N–H and O–H groups in total. The summed E-state index contributed by atoms with van der Waals surface area (Å²) in [6.07, 6.45) is 9.22. The Morgan fingerprint density at radius 3 is 1.75 bits per heavy atom. The minimum atomic E-state index is -1.02. The lowest BCUT2D eigenvalue weighted by atomic mass is 9.98. The number of H-pyrrole nitrogens is 2. The van der Waals surface area contributed by atoms with E-state index in [2.05, 4.69) is 70.8 Å². The Kier molecular flexibility index (Phi) is 11.4. The zero-order chi connectivity index (χ0) is 41.9. The second kappa shape index (κ2) is 17.2. The molecular formula is C42H37BClF2N10O4. The number of carbonyl (C=O) groups is 2. The van der Waals surface area contributed by atoms with E-state index in [0.717, 1.165) is 44.6 Å². The molecule has 6 heterocycles. The molecular weight excluding hydrogens is 793 g/mol. The van der Waals surface area contributed by atoms with Gasteiger partial charge in [-0.05, 0) is 109 Å². The third-order valence-electron chi connectivity index (χ3n) is 10.0. The van der Waals surface area contributed by atoms with Crippen LogP contribution < -0.4 is 15.3 Å². The number of rotatable bonds is 9. The van der Waals surface area contributed by atoms with E-state index in [-0.39, 0.29) is 11.8 Å². The van der Waals surface area contributed by atoms with Gasteiger partial charge in [0.1, 0.15) is 23.6 Å². The Morgan fingerprint density at radius 1 is 0.733 bits per heavy atom. The van der Waals surface area contributed by atoms with Gasteiger partial charge in [0.2, 0.25) is 11.8 Å². The fraction of sp³-hybridized carbons (Fsp3) is 0.190. The fourth-order valence-electron chi connectivity index (χ4n) is 6.52. The molecule has 0 spiro atoms. The molecule has 2 amide bonds. The number of imidazole rings is 2. The maximum Gasteiger partial charge on any atom is 0.570 e. The van der Waals surface area contributed by atoms with Crippen molar-refractivity contribution < 1.29 is 28.0 Å². The number of alkyl halides is 2. The standard InChI is InChI=1S/C21H18FN5O.C18H15ClFN3O.C3H4BN2O2/c1-12-2-3-13(18-6-7-23-26-18)8-15(12)14-4-5-20-24-19(11-27(20)10-14)25-21(28)16-9-17(16)22;1-10-2-4-12(19)6-13(10)11-3-5-17-21-16(9-23(17)8-11)22-18(24)14-7-15(14)20;7-4-8-3-1-2-5-6-3/h2-8,10-11,16-17H,9H2,1H3,(H,23,26)(H,25,28);2-6,8-9,14-15H,7H2,1H3,(H,22,24);1-2,7H,(H,5,6)/t16-,17+;14-,15+;/m11./s1. The van der Waals surface area contributed by atoms with Crippen LogP contribution in [0, 0.1) is 25.7 Å². The normalized spacial score (nSPS) is 17.5. The van der Waals surface area contributed by atoms with Gasteiger partial charge in [0.15, 0.2) is 17.5 Å². The molecule has 4 atom stereocenters. The number of aryl methyl sites for hydroxylation is 2. The van der Waals surface area contributed by atoms with Crippen LogP contribution in [0.15, 0.2) is 110 Å². The molecule has 2 fully saturated rings. The van der Waals surface area contributed by atoms with Gasteiger partial charge in [-0.2, -0.15) is 10.2 Å². The van der Waals surface area contributed by atoms with Gasteiger partial charge in [-0.3, -0.25) is 14.7 Å². The highest BCUT2D eigenvalue weighted by molar-refractivity contribution is 6.30. The van der Waals surface area contributed by atoms with Gasteiger partial charge >= 0.3 is 7.69 Å². The highest BCUT2D eigenvalue weighted by Gasteiger charge is 2.44. The van der Waals surface area contributed by atoms with Gasteiger partial charge in [-0.25, -0.2) is 23.8 Å². The van der Waals surface area contributed by atoms with Crippen LogP contribution in [-0.2, 0) is 9.59 Å². The molecule has 2 aliphatic rings. The largest absolute Gasteiger partial charge is 0.570 e. The van der Waals surface area contributed by atoms with Gasteiger partial charge in [0.05, 0.1) is 36.1 Å². The van der Waals surface area contributed by atoms with Crippen molar-refractivity contribution in [1.29, 1.82) is 0 Å². The lowest BCUT2D eigenvalue weighted by Crippen LogP contribution is -2.15. The first-order valence-electron chi connectivity index (χ1n) is 18.9. The highest BCUT2D eigenvalue weighted by atomic mass is 35.5. The van der Waals surface area contributed by atoms with Crippen molar-refractivity contribution in [2.75, 3.05) is 10.6 Å². The zero-order valence-electron chi connectivity index (χ0n) is 32.2. The summed E-state index contributed by atoms with van der Waals surface area (Å²) in [4.78, 5) is 32.5. The van der Waals surface area contributed by atoms with Crippen LogP contribution in [0.4, 0.5) is 20.4 Å². The Hall–Kier alpha value is -6.85. The van der Waals surface area contributed by atoms with Crippen molar-refractivity contribution in [2.45, 2.75) is 39.0 Å². The molecule has 10 rings (SSSR count). The van der Waals surface area contributed by atoms with Crippen molar-refractivity contribution in [2.24, 2.45) is 11.8 Å². The summed E-state index contributed by atoms with van der Waals surface area (Å²) in [7, 11) is 0.591. The zero-order valence-corrected chi connectivity index (χ0v) is 32.9. The van der Waals surface area contributed by atoms with Gasteiger partial charge in [-0.15, -0.1) is 0 Å². The summed E-state index contributed by atoms with van der Waals surface area (Å²) >= 11 is 6.10. The van der Waals surface area contributed by atoms with E-state index < -0.39 is 24.2 Å². The quantitative estimate of drug-likeness (QED) is 0.0925. The molecule has 2 aromatic carbocycles. The average Bonchev–Trinajstić information content (AvgIpc) is 3.71. The number of hydrogen-bond donors (Lipinski definition) is 5. The summed E-state index contributed by atoms with van der Waals surface area (Å²) in [6, 6.07) is 23.3. The van der Waals surface area contributed by atoms with Crippen LogP contribution in [0.1, 0.15) is 24.0 Å². The number of aromatic nitrogens is 8. The Morgan fingerprint density at radius 2 is 1.25 bits per heavy atom. The van der Waals surface area contributed by atoms with Crippen molar-refractivity contribution in [3.05, 3.63) is 126 Å². The molecule has 0 saturated heterocycles. The monoisotopic (exact) mass is 829 g/mol. The van der Waals surface area contributed by atoms with Crippen LogP contribution in [-0.4, -0.2) is 76.0 Å². The van der Waals surface area contributed by atoms with E-state index >= 15 is 0 Å². The third kappa shape index (κ3) is 9.22. The van der Waals surface area contributed by atoms with Crippen LogP contribution in [0.2, 0.25) is 5.02 Å². The van der Waals surface area contributed by atoms with Crippen LogP contribution in [0.25, 0.3) is 44.8 Å². The SMILES string of the molecule is Cc1ccc(-c2ccn[nH]2)cc1-c1ccc2nc(NC(=O)[C@@H]3C[C@@H]3F)cn2c1.Cc1ccc(Cl)cc1-c1ccc2nc(NC(=O)[C@@H]3C[C@@H]3F)cn2c1.O[B]Oc1ccn[nH]1. The van der Waals surface area contributed by atoms with Crippen molar-refractivity contribution >= 4 is 54.0 Å². The second-order valence-electron chi connectivity index (χ2n) is 14.4.